The Kier molecular flexibility index (Phi) is 9.82. The zero-order chi connectivity index (χ0) is 9.40. The fourth-order valence-corrected chi connectivity index (χ4v) is 0.492. The summed E-state index contributed by atoms with van der Waals surface area (Å²) in [5.41, 5.74) is -0.238. The van der Waals surface area contributed by atoms with E-state index in [0.717, 1.165) is 0 Å². The van der Waals surface area contributed by atoms with Gasteiger partial charge in [0, 0.05) is 29.6 Å². The van der Waals surface area contributed by atoms with Gasteiger partial charge in [-0.3, -0.25) is 5.32 Å². The van der Waals surface area contributed by atoms with Gasteiger partial charge in [0.15, 0.2) is 11.8 Å². The molecule has 0 saturated heterocycles. The molecule has 0 aromatic heterocycles. The van der Waals surface area contributed by atoms with Crippen molar-refractivity contribution in [3.8, 4) is 18.3 Å². The summed E-state index contributed by atoms with van der Waals surface area (Å²) in [6, 6.07) is 3.20. The molecule has 5 nitrogen and oxygen atoms in total. The van der Waals surface area contributed by atoms with Gasteiger partial charge in [-0.05, 0) is 6.92 Å². The molecule has 0 bridgehead atoms. The quantitative estimate of drug-likeness (QED) is 0.219. The molecular weight excluding hydrogens is 179 g/mol. The van der Waals surface area contributed by atoms with E-state index < -0.39 is 0 Å². The van der Waals surface area contributed by atoms with Crippen molar-refractivity contribution in [2.45, 2.75) is 6.92 Å². The van der Waals surface area contributed by atoms with Crippen molar-refractivity contribution in [2.24, 2.45) is 0 Å². The Bertz CT molecular complexity index is 288. The van der Waals surface area contributed by atoms with Gasteiger partial charge in [0.25, 0.3) is 0 Å². The van der Waals surface area contributed by atoms with Crippen molar-refractivity contribution >= 4 is 29.6 Å². The summed E-state index contributed by atoms with van der Waals surface area (Å²) in [5.74, 6) is -0.0926. The first-order valence-electron chi connectivity index (χ1n) is 3.12. The van der Waals surface area contributed by atoms with Crippen molar-refractivity contribution in [2.75, 3.05) is 6.61 Å². The van der Waals surface area contributed by atoms with Crippen LogP contribution in [0.2, 0.25) is 0 Å². The second-order valence-electron chi connectivity index (χ2n) is 1.60. The van der Waals surface area contributed by atoms with E-state index in [0.29, 0.717) is 0 Å². The molecule has 0 spiro atoms. The molecule has 0 amide bonds. The van der Waals surface area contributed by atoms with Crippen LogP contribution >= 0.6 is 0 Å². The fraction of sp³-hybridized carbons (Fsp3) is 0.286. The van der Waals surface area contributed by atoms with Crippen LogP contribution in [0.15, 0.2) is 11.5 Å². The molecule has 0 aromatic carbocycles. The Hall–Kier alpha value is -1.19. The molecule has 0 aliphatic heterocycles. The molecule has 6 heteroatoms. The normalized spacial score (nSPS) is 6.31. The van der Waals surface area contributed by atoms with E-state index in [1.54, 1.807) is 25.3 Å². The number of ether oxygens (including phenoxy) is 1. The number of hydrogen-bond donors (Lipinski definition) is 1. The third-order valence-corrected chi connectivity index (χ3v) is 0.909. The first-order valence-corrected chi connectivity index (χ1v) is 3.12. The van der Waals surface area contributed by atoms with Crippen molar-refractivity contribution in [1.29, 1.82) is 15.8 Å². The SMILES string of the molecule is CCOC(NC#N)=C(C#N)C#N.[Na]. The van der Waals surface area contributed by atoms with Crippen molar-refractivity contribution in [3.05, 3.63) is 11.5 Å². The number of rotatable bonds is 3. The Morgan fingerprint density at radius 1 is 1.31 bits per heavy atom. The van der Waals surface area contributed by atoms with Gasteiger partial charge in [-0.25, -0.2) is 0 Å². The molecule has 13 heavy (non-hydrogen) atoms. The molecule has 0 aromatic rings. The molecular formula is C7H6N4NaO. The van der Waals surface area contributed by atoms with Gasteiger partial charge >= 0.3 is 0 Å². The molecule has 0 heterocycles. The molecule has 0 saturated carbocycles. The maximum absolute atomic E-state index is 8.39. The smallest absolute Gasteiger partial charge is 0.229 e. The number of allylic oxidation sites excluding steroid dienone is 1. The molecule has 0 aliphatic rings. The number of hydrogen-bond acceptors (Lipinski definition) is 5. The maximum Gasteiger partial charge on any atom is 0.229 e. The molecule has 1 N–H and O–H groups in total. The van der Waals surface area contributed by atoms with Gasteiger partial charge in [-0.15, -0.1) is 0 Å². The van der Waals surface area contributed by atoms with Crippen LogP contribution in [0.3, 0.4) is 0 Å². The van der Waals surface area contributed by atoms with Crippen LogP contribution in [0.1, 0.15) is 6.92 Å². The molecule has 0 aliphatic carbocycles. The van der Waals surface area contributed by atoms with E-state index >= 15 is 0 Å². The summed E-state index contributed by atoms with van der Waals surface area (Å²) in [5, 5.41) is 27.1. The fourth-order valence-electron chi connectivity index (χ4n) is 0.492. The largest absolute Gasteiger partial charge is 0.477 e. The topological polar surface area (TPSA) is 92.6 Å². The van der Waals surface area contributed by atoms with Crippen LogP contribution in [-0.4, -0.2) is 36.2 Å². The Morgan fingerprint density at radius 3 is 2.15 bits per heavy atom. The number of nitrogens with one attached hydrogen (secondary N) is 1. The van der Waals surface area contributed by atoms with E-state index in [9.17, 15) is 0 Å². The Balaban J connectivity index is 0. The van der Waals surface area contributed by atoms with E-state index in [-0.39, 0.29) is 47.6 Å². The van der Waals surface area contributed by atoms with Gasteiger partial charge in [0.1, 0.15) is 12.1 Å². The van der Waals surface area contributed by atoms with Gasteiger partial charge in [0.2, 0.25) is 5.88 Å². The van der Waals surface area contributed by atoms with E-state index in [4.69, 9.17) is 20.5 Å². The zero-order valence-electron chi connectivity index (χ0n) is 7.46. The van der Waals surface area contributed by atoms with Crippen molar-refractivity contribution < 1.29 is 4.74 Å². The Morgan fingerprint density at radius 2 is 1.85 bits per heavy atom. The second kappa shape index (κ2) is 8.90. The third kappa shape index (κ3) is 5.11. The van der Waals surface area contributed by atoms with Gasteiger partial charge in [-0.2, -0.15) is 15.8 Å². The van der Waals surface area contributed by atoms with E-state index in [1.165, 1.54) is 0 Å². The maximum atomic E-state index is 8.39. The minimum Gasteiger partial charge on any atom is -0.477 e. The number of nitriles is 3. The predicted molar refractivity (Wildman–Crippen MR) is 44.4 cm³/mol. The van der Waals surface area contributed by atoms with Crippen LogP contribution in [0.25, 0.3) is 0 Å². The summed E-state index contributed by atoms with van der Waals surface area (Å²) in [6.07, 6.45) is 1.57. The van der Waals surface area contributed by atoms with Gasteiger partial charge < -0.3 is 4.74 Å². The molecule has 1 radical (unpaired) electrons. The monoisotopic (exact) mass is 185 g/mol. The predicted octanol–water partition coefficient (Wildman–Crippen LogP) is -0.0285. The Labute approximate surface area is 98.5 Å². The van der Waals surface area contributed by atoms with Crippen LogP contribution in [0, 0.1) is 34.1 Å². The van der Waals surface area contributed by atoms with Crippen LogP contribution in [-0.2, 0) is 4.74 Å². The molecule has 0 atom stereocenters. The van der Waals surface area contributed by atoms with Crippen molar-refractivity contribution in [1.82, 2.24) is 5.32 Å². The summed E-state index contributed by atoms with van der Waals surface area (Å²) in [7, 11) is 0. The summed E-state index contributed by atoms with van der Waals surface area (Å²) in [6.45, 7) is 1.97. The third-order valence-electron chi connectivity index (χ3n) is 0.909. The number of nitrogens with zero attached hydrogens (tertiary/aromatic N) is 3. The summed E-state index contributed by atoms with van der Waals surface area (Å²) >= 11 is 0. The van der Waals surface area contributed by atoms with E-state index in [2.05, 4.69) is 5.32 Å². The summed E-state index contributed by atoms with van der Waals surface area (Å²) in [4.78, 5) is 0. The molecule has 0 rings (SSSR count). The van der Waals surface area contributed by atoms with Gasteiger partial charge in [0.05, 0.1) is 6.61 Å². The van der Waals surface area contributed by atoms with Crippen molar-refractivity contribution in [3.63, 3.8) is 0 Å². The minimum absolute atomic E-state index is 0. The molecule has 61 valence electrons. The average molecular weight is 185 g/mol. The van der Waals surface area contributed by atoms with Crippen LogP contribution in [0.4, 0.5) is 0 Å². The standard InChI is InChI=1S/C7H6N4O.Na/c1-2-12-7(11-5-10)6(3-8)4-9;/h11H,2H2,1H3;. The van der Waals surface area contributed by atoms with Crippen LogP contribution in [0.5, 0.6) is 0 Å². The zero-order valence-corrected chi connectivity index (χ0v) is 9.46. The molecule has 0 fully saturated rings. The first-order chi connectivity index (χ1) is 5.79. The van der Waals surface area contributed by atoms with E-state index in [1.807, 2.05) is 0 Å². The summed E-state index contributed by atoms with van der Waals surface area (Å²) < 4.78 is 4.83. The van der Waals surface area contributed by atoms with Gasteiger partial charge in [-0.1, -0.05) is 0 Å². The van der Waals surface area contributed by atoms with Crippen LogP contribution < -0.4 is 5.32 Å². The average Bonchev–Trinajstić information content (AvgIpc) is 2.07. The second-order valence-corrected chi connectivity index (χ2v) is 1.60. The first kappa shape index (κ1) is 14.3. The minimum atomic E-state index is -0.238. The molecule has 0 unspecified atom stereocenters.